The molecule has 1 aliphatic heterocycles. The van der Waals surface area contributed by atoms with Gasteiger partial charge in [-0.1, -0.05) is 6.07 Å². The minimum Gasteiger partial charge on any atom is -0.322 e. The van der Waals surface area contributed by atoms with Crippen molar-refractivity contribution in [3.8, 4) is 0 Å². The molecule has 0 saturated carbocycles. The summed E-state index contributed by atoms with van der Waals surface area (Å²) in [5.41, 5.74) is 2.90. The molecule has 0 spiro atoms. The van der Waals surface area contributed by atoms with Crippen LogP contribution in [0.2, 0.25) is 0 Å². The van der Waals surface area contributed by atoms with Crippen LogP contribution in [0.3, 0.4) is 0 Å². The van der Waals surface area contributed by atoms with Crippen LogP contribution in [-0.2, 0) is 21.4 Å². The van der Waals surface area contributed by atoms with Gasteiger partial charge in [-0.05, 0) is 52.6 Å². The molecule has 0 bridgehead atoms. The molecule has 3 N–H and O–H groups in total. The number of nitrogens with one attached hydrogen (secondary N) is 1. The normalized spacial score (nSPS) is 14.2. The van der Waals surface area contributed by atoms with E-state index in [1.807, 2.05) is 16.8 Å². The Bertz CT molecular complexity index is 858. The minimum absolute atomic E-state index is 0.281. The third-order valence-electron chi connectivity index (χ3n) is 3.48. The molecule has 120 valence electrons. The monoisotopic (exact) mass is 349 g/mol. The van der Waals surface area contributed by atoms with E-state index >= 15 is 0 Å². The number of hydrogen-bond acceptors (Lipinski definition) is 4. The highest BCUT2D eigenvalue weighted by Crippen LogP contribution is 2.32. The average Bonchev–Trinajstić information content (AvgIpc) is 3.13. The lowest BCUT2D eigenvalue weighted by Gasteiger charge is -2.16. The molecule has 23 heavy (non-hydrogen) atoms. The second-order valence-corrected chi connectivity index (χ2v) is 7.34. The van der Waals surface area contributed by atoms with Crippen molar-refractivity contribution in [2.45, 2.75) is 6.42 Å². The highest BCUT2D eigenvalue weighted by atomic mass is 32.2. The number of carbonyl (C=O) groups is 1. The lowest BCUT2D eigenvalue weighted by atomic mass is 10.1. The SMILES string of the molecule is NS(=O)(=O)N1CCc2ccc(NC(=O)/C=C/c3ccsc3)cc21. The van der Waals surface area contributed by atoms with E-state index in [9.17, 15) is 13.2 Å². The van der Waals surface area contributed by atoms with Gasteiger partial charge in [0.05, 0.1) is 5.69 Å². The molecule has 0 aliphatic carbocycles. The van der Waals surface area contributed by atoms with Crippen molar-refractivity contribution >= 4 is 44.9 Å². The fourth-order valence-electron chi connectivity index (χ4n) is 2.42. The third kappa shape index (κ3) is 3.61. The Kier molecular flexibility index (Phi) is 4.20. The van der Waals surface area contributed by atoms with Gasteiger partial charge in [-0.2, -0.15) is 19.8 Å². The van der Waals surface area contributed by atoms with Crippen molar-refractivity contribution in [3.63, 3.8) is 0 Å². The summed E-state index contributed by atoms with van der Waals surface area (Å²) < 4.78 is 24.3. The lowest BCUT2D eigenvalue weighted by molar-refractivity contribution is -0.111. The topological polar surface area (TPSA) is 92.5 Å². The summed E-state index contributed by atoms with van der Waals surface area (Å²) in [7, 11) is -3.79. The van der Waals surface area contributed by atoms with Gasteiger partial charge in [-0.15, -0.1) is 0 Å². The molecule has 2 aromatic rings. The number of benzene rings is 1. The predicted octanol–water partition coefficient (Wildman–Crippen LogP) is 1.97. The maximum atomic E-state index is 11.9. The zero-order valence-corrected chi connectivity index (χ0v) is 13.7. The largest absolute Gasteiger partial charge is 0.322 e. The Balaban J connectivity index is 1.76. The van der Waals surface area contributed by atoms with Crippen LogP contribution in [0.15, 0.2) is 41.1 Å². The summed E-state index contributed by atoms with van der Waals surface area (Å²) in [6.07, 6.45) is 3.76. The quantitative estimate of drug-likeness (QED) is 0.827. The Morgan fingerprint density at radius 1 is 1.35 bits per heavy atom. The van der Waals surface area contributed by atoms with Crippen molar-refractivity contribution in [2.75, 3.05) is 16.2 Å². The second-order valence-electron chi connectivity index (χ2n) is 5.09. The molecule has 6 nitrogen and oxygen atoms in total. The molecule has 0 atom stereocenters. The van der Waals surface area contributed by atoms with E-state index in [2.05, 4.69) is 5.32 Å². The number of hydrogen-bond donors (Lipinski definition) is 2. The summed E-state index contributed by atoms with van der Waals surface area (Å²) >= 11 is 1.55. The summed E-state index contributed by atoms with van der Waals surface area (Å²) in [4.78, 5) is 11.9. The fraction of sp³-hybridized carbons (Fsp3) is 0.133. The van der Waals surface area contributed by atoms with E-state index in [0.29, 0.717) is 24.3 Å². The van der Waals surface area contributed by atoms with Crippen LogP contribution < -0.4 is 14.8 Å². The van der Waals surface area contributed by atoms with Gasteiger partial charge in [0.25, 0.3) is 10.2 Å². The highest BCUT2D eigenvalue weighted by Gasteiger charge is 2.26. The zero-order valence-electron chi connectivity index (χ0n) is 12.1. The van der Waals surface area contributed by atoms with Crippen molar-refractivity contribution in [2.24, 2.45) is 5.14 Å². The van der Waals surface area contributed by atoms with Gasteiger partial charge in [-0.3, -0.25) is 9.10 Å². The van der Waals surface area contributed by atoms with Crippen LogP contribution in [0.5, 0.6) is 0 Å². The molecule has 2 heterocycles. The second kappa shape index (κ2) is 6.15. The first-order chi connectivity index (χ1) is 10.9. The van der Waals surface area contributed by atoms with E-state index in [1.165, 1.54) is 6.08 Å². The number of fused-ring (bicyclic) bond motifs is 1. The van der Waals surface area contributed by atoms with Crippen LogP contribution in [0.4, 0.5) is 11.4 Å². The summed E-state index contributed by atoms with van der Waals surface area (Å²) in [5, 5.41) is 11.8. The van der Waals surface area contributed by atoms with E-state index in [-0.39, 0.29) is 5.91 Å². The lowest BCUT2D eigenvalue weighted by Crippen LogP contribution is -2.35. The molecular formula is C15H15N3O3S2. The zero-order chi connectivity index (χ0) is 16.4. The number of nitrogens with zero attached hydrogens (tertiary/aromatic N) is 1. The van der Waals surface area contributed by atoms with Crippen LogP contribution in [0, 0.1) is 0 Å². The van der Waals surface area contributed by atoms with E-state index in [1.54, 1.807) is 35.6 Å². The molecular weight excluding hydrogens is 334 g/mol. The molecule has 1 aliphatic rings. The maximum absolute atomic E-state index is 11.9. The summed E-state index contributed by atoms with van der Waals surface area (Å²) in [6, 6.07) is 7.09. The van der Waals surface area contributed by atoms with Gasteiger partial charge in [0.2, 0.25) is 5.91 Å². The Morgan fingerprint density at radius 3 is 2.87 bits per heavy atom. The fourth-order valence-corrected chi connectivity index (χ4v) is 3.84. The minimum atomic E-state index is -3.79. The Morgan fingerprint density at radius 2 is 2.17 bits per heavy atom. The molecule has 1 aromatic carbocycles. The highest BCUT2D eigenvalue weighted by molar-refractivity contribution is 7.90. The average molecular weight is 349 g/mol. The van der Waals surface area contributed by atoms with Gasteiger partial charge in [0.15, 0.2) is 0 Å². The molecule has 1 amide bonds. The number of carbonyl (C=O) groups excluding carboxylic acids is 1. The Hall–Kier alpha value is -2.16. The maximum Gasteiger partial charge on any atom is 0.299 e. The first kappa shape index (κ1) is 15.7. The van der Waals surface area contributed by atoms with Crippen molar-refractivity contribution in [1.82, 2.24) is 0 Å². The summed E-state index contributed by atoms with van der Waals surface area (Å²) in [6.45, 7) is 0.323. The van der Waals surface area contributed by atoms with Crippen LogP contribution in [0.1, 0.15) is 11.1 Å². The predicted molar refractivity (Wildman–Crippen MR) is 92.6 cm³/mol. The molecule has 0 unspecified atom stereocenters. The first-order valence-corrected chi connectivity index (χ1v) is 9.33. The standard InChI is InChI=1S/C15H15N3O3S2/c16-23(20,21)18-7-5-12-2-3-13(9-14(12)18)17-15(19)4-1-11-6-8-22-10-11/h1-4,6,8-10H,5,7H2,(H,17,19)(H2,16,20,21)/b4-1+. The van der Waals surface area contributed by atoms with Crippen molar-refractivity contribution in [3.05, 3.63) is 52.2 Å². The number of thiophene rings is 1. The van der Waals surface area contributed by atoms with Gasteiger partial charge in [0, 0.05) is 18.3 Å². The van der Waals surface area contributed by atoms with Crippen LogP contribution in [-0.4, -0.2) is 20.9 Å². The van der Waals surface area contributed by atoms with E-state index < -0.39 is 10.2 Å². The van der Waals surface area contributed by atoms with Gasteiger partial charge in [-0.25, -0.2) is 5.14 Å². The summed E-state index contributed by atoms with van der Waals surface area (Å²) in [5.74, 6) is -0.281. The molecule has 1 aromatic heterocycles. The van der Waals surface area contributed by atoms with Crippen molar-refractivity contribution in [1.29, 1.82) is 0 Å². The van der Waals surface area contributed by atoms with Gasteiger partial charge in [0.1, 0.15) is 0 Å². The molecule has 0 radical (unpaired) electrons. The molecule has 8 heteroatoms. The number of amides is 1. The van der Waals surface area contributed by atoms with Gasteiger partial charge < -0.3 is 5.32 Å². The van der Waals surface area contributed by atoms with Crippen LogP contribution >= 0.6 is 11.3 Å². The van der Waals surface area contributed by atoms with Crippen molar-refractivity contribution < 1.29 is 13.2 Å². The number of nitrogens with two attached hydrogens (primary N) is 1. The van der Waals surface area contributed by atoms with E-state index in [4.69, 9.17) is 5.14 Å². The molecule has 0 saturated heterocycles. The van der Waals surface area contributed by atoms with E-state index in [0.717, 1.165) is 15.4 Å². The third-order valence-corrected chi connectivity index (χ3v) is 5.18. The first-order valence-electron chi connectivity index (χ1n) is 6.88. The van der Waals surface area contributed by atoms with Crippen LogP contribution in [0.25, 0.3) is 6.08 Å². The smallest absolute Gasteiger partial charge is 0.299 e. The molecule has 3 rings (SSSR count). The number of rotatable bonds is 4. The Labute approximate surface area is 138 Å². The van der Waals surface area contributed by atoms with Gasteiger partial charge >= 0.3 is 0 Å². The number of anilines is 2. The molecule has 0 fully saturated rings.